The van der Waals surface area contributed by atoms with E-state index in [2.05, 4.69) is 4.98 Å². The fraction of sp³-hybridized carbons (Fsp3) is 0.143. The topological polar surface area (TPSA) is 50.2 Å². The standard InChI is InChI=1S/C7H5ClINO2/c8-5-1-4(3-7(11)12)2-6(9)10-5/h1-2H,3H2,(H,11,12). The van der Waals surface area contributed by atoms with Crippen LogP contribution in [0, 0.1) is 3.70 Å². The molecule has 1 aromatic rings. The first-order valence-corrected chi connectivity index (χ1v) is 4.57. The molecule has 0 bridgehead atoms. The summed E-state index contributed by atoms with van der Waals surface area (Å²) in [7, 11) is 0. The summed E-state index contributed by atoms with van der Waals surface area (Å²) < 4.78 is 0.705. The largest absolute Gasteiger partial charge is 0.481 e. The highest BCUT2D eigenvalue weighted by Gasteiger charge is 2.03. The molecule has 0 atom stereocenters. The van der Waals surface area contributed by atoms with Crippen LogP contribution in [-0.2, 0) is 11.2 Å². The van der Waals surface area contributed by atoms with Crippen LogP contribution in [-0.4, -0.2) is 16.1 Å². The average molecular weight is 297 g/mol. The van der Waals surface area contributed by atoms with Gasteiger partial charge in [-0.25, -0.2) is 4.98 Å². The number of aromatic nitrogens is 1. The lowest BCUT2D eigenvalue weighted by atomic mass is 10.2. The van der Waals surface area contributed by atoms with Crippen LogP contribution in [0.3, 0.4) is 0 Å². The summed E-state index contributed by atoms with van der Waals surface area (Å²) in [5, 5.41) is 8.81. The van der Waals surface area contributed by atoms with Gasteiger partial charge in [-0.15, -0.1) is 0 Å². The quantitative estimate of drug-likeness (QED) is 0.671. The molecule has 1 rings (SSSR count). The van der Waals surface area contributed by atoms with Crippen molar-refractivity contribution in [3.8, 4) is 0 Å². The molecule has 12 heavy (non-hydrogen) atoms. The van der Waals surface area contributed by atoms with Crippen molar-refractivity contribution in [1.29, 1.82) is 0 Å². The van der Waals surface area contributed by atoms with E-state index < -0.39 is 5.97 Å². The van der Waals surface area contributed by atoms with E-state index in [0.717, 1.165) is 0 Å². The molecule has 0 fully saturated rings. The van der Waals surface area contributed by atoms with Crippen LogP contribution >= 0.6 is 34.2 Å². The van der Waals surface area contributed by atoms with Gasteiger partial charge in [0, 0.05) is 0 Å². The average Bonchev–Trinajstić information content (AvgIpc) is 1.81. The lowest BCUT2D eigenvalue weighted by Gasteiger charge is -1.98. The van der Waals surface area contributed by atoms with Crippen molar-refractivity contribution in [2.75, 3.05) is 0 Å². The minimum atomic E-state index is -0.868. The van der Waals surface area contributed by atoms with Gasteiger partial charge in [0.1, 0.15) is 8.85 Å². The smallest absolute Gasteiger partial charge is 0.307 e. The molecule has 0 saturated carbocycles. The van der Waals surface area contributed by atoms with E-state index in [-0.39, 0.29) is 6.42 Å². The normalized spacial score (nSPS) is 9.83. The van der Waals surface area contributed by atoms with Crippen LogP contribution in [0.25, 0.3) is 0 Å². The number of carboxylic acids is 1. The Bertz CT molecular complexity index is 296. The molecule has 0 unspecified atom stereocenters. The molecule has 1 N–H and O–H groups in total. The van der Waals surface area contributed by atoms with Gasteiger partial charge < -0.3 is 5.11 Å². The van der Waals surface area contributed by atoms with E-state index in [1.54, 1.807) is 12.1 Å². The van der Waals surface area contributed by atoms with Crippen molar-refractivity contribution in [2.24, 2.45) is 0 Å². The zero-order chi connectivity index (χ0) is 9.14. The first-order chi connectivity index (χ1) is 5.58. The molecule has 3 nitrogen and oxygen atoms in total. The maximum Gasteiger partial charge on any atom is 0.307 e. The van der Waals surface area contributed by atoms with Gasteiger partial charge in [0.2, 0.25) is 0 Å². The number of aliphatic carboxylic acids is 1. The molecular weight excluding hydrogens is 292 g/mol. The van der Waals surface area contributed by atoms with Crippen molar-refractivity contribution in [3.05, 3.63) is 26.5 Å². The van der Waals surface area contributed by atoms with Crippen molar-refractivity contribution < 1.29 is 9.90 Å². The van der Waals surface area contributed by atoms with Crippen LogP contribution in [0.4, 0.5) is 0 Å². The fourth-order valence-corrected chi connectivity index (χ4v) is 1.82. The number of rotatable bonds is 2. The summed E-state index contributed by atoms with van der Waals surface area (Å²) in [5.41, 5.74) is 0.673. The molecule has 64 valence electrons. The Morgan fingerprint density at radius 3 is 2.83 bits per heavy atom. The highest BCUT2D eigenvalue weighted by atomic mass is 127. The van der Waals surface area contributed by atoms with Gasteiger partial charge >= 0.3 is 5.97 Å². The lowest BCUT2D eigenvalue weighted by Crippen LogP contribution is -2.00. The Labute approximate surface area is 87.9 Å². The SMILES string of the molecule is O=C(O)Cc1cc(Cl)nc(I)c1. The molecule has 0 radical (unpaired) electrons. The van der Waals surface area contributed by atoms with Crippen molar-refractivity contribution >= 4 is 40.2 Å². The summed E-state index contributed by atoms with van der Waals surface area (Å²) in [4.78, 5) is 14.2. The summed E-state index contributed by atoms with van der Waals surface area (Å²) in [6, 6.07) is 3.25. The van der Waals surface area contributed by atoms with E-state index in [0.29, 0.717) is 14.4 Å². The molecule has 0 aromatic carbocycles. The van der Waals surface area contributed by atoms with Gasteiger partial charge in [0.15, 0.2) is 0 Å². The number of carbonyl (C=O) groups is 1. The maximum atomic E-state index is 10.3. The Morgan fingerprint density at radius 2 is 2.33 bits per heavy atom. The van der Waals surface area contributed by atoms with Crippen molar-refractivity contribution in [3.63, 3.8) is 0 Å². The van der Waals surface area contributed by atoms with Crippen molar-refractivity contribution in [2.45, 2.75) is 6.42 Å². The van der Waals surface area contributed by atoms with Gasteiger partial charge in [-0.1, -0.05) is 11.6 Å². The second-order valence-electron chi connectivity index (χ2n) is 2.19. The Hall–Kier alpha value is -0.360. The minimum Gasteiger partial charge on any atom is -0.481 e. The van der Waals surface area contributed by atoms with Gasteiger partial charge in [-0.3, -0.25) is 4.79 Å². The first kappa shape index (κ1) is 9.73. The zero-order valence-electron chi connectivity index (χ0n) is 5.92. The molecule has 1 heterocycles. The van der Waals surface area contributed by atoms with E-state index in [1.807, 2.05) is 22.6 Å². The Balaban J connectivity index is 2.93. The Morgan fingerprint density at radius 1 is 1.67 bits per heavy atom. The molecule has 1 aromatic heterocycles. The number of carboxylic acid groups (broad SMARTS) is 1. The zero-order valence-corrected chi connectivity index (χ0v) is 8.83. The molecule has 0 aliphatic rings. The van der Waals surface area contributed by atoms with E-state index in [4.69, 9.17) is 16.7 Å². The number of halogens is 2. The third-order valence-electron chi connectivity index (χ3n) is 1.18. The molecular formula is C7H5ClINO2. The molecule has 0 amide bonds. The second-order valence-corrected chi connectivity index (χ2v) is 3.68. The van der Waals surface area contributed by atoms with Gasteiger partial charge in [-0.05, 0) is 40.3 Å². The van der Waals surface area contributed by atoms with Crippen LogP contribution in [0.5, 0.6) is 0 Å². The maximum absolute atomic E-state index is 10.3. The summed E-state index contributed by atoms with van der Waals surface area (Å²) in [6.07, 6.45) is -0.0156. The van der Waals surface area contributed by atoms with Crippen LogP contribution < -0.4 is 0 Å². The second kappa shape index (κ2) is 4.04. The third-order valence-corrected chi connectivity index (χ3v) is 1.92. The van der Waals surface area contributed by atoms with Crippen LogP contribution in [0.2, 0.25) is 5.15 Å². The molecule has 0 saturated heterocycles. The number of pyridine rings is 1. The first-order valence-electron chi connectivity index (χ1n) is 3.11. The van der Waals surface area contributed by atoms with Gasteiger partial charge in [0.25, 0.3) is 0 Å². The van der Waals surface area contributed by atoms with Crippen LogP contribution in [0.1, 0.15) is 5.56 Å². The number of hydrogen-bond acceptors (Lipinski definition) is 2. The van der Waals surface area contributed by atoms with E-state index in [1.165, 1.54) is 0 Å². The minimum absolute atomic E-state index is 0.0156. The monoisotopic (exact) mass is 297 g/mol. The third kappa shape index (κ3) is 2.94. The summed E-state index contributed by atoms with van der Waals surface area (Å²) in [5.74, 6) is -0.868. The highest BCUT2D eigenvalue weighted by Crippen LogP contribution is 2.12. The number of hydrogen-bond donors (Lipinski definition) is 1. The number of nitrogens with zero attached hydrogens (tertiary/aromatic N) is 1. The predicted molar refractivity (Wildman–Crippen MR) is 53.3 cm³/mol. The lowest BCUT2D eigenvalue weighted by molar-refractivity contribution is -0.136. The van der Waals surface area contributed by atoms with Crippen LogP contribution in [0.15, 0.2) is 12.1 Å². The fourth-order valence-electron chi connectivity index (χ4n) is 0.791. The predicted octanol–water partition coefficient (Wildman–Crippen LogP) is 1.97. The van der Waals surface area contributed by atoms with Crippen molar-refractivity contribution in [1.82, 2.24) is 4.98 Å². The van der Waals surface area contributed by atoms with E-state index >= 15 is 0 Å². The molecule has 0 aliphatic carbocycles. The summed E-state index contributed by atoms with van der Waals surface area (Å²) in [6.45, 7) is 0. The van der Waals surface area contributed by atoms with Gasteiger partial charge in [-0.2, -0.15) is 0 Å². The Kier molecular flexibility index (Phi) is 3.28. The highest BCUT2D eigenvalue weighted by molar-refractivity contribution is 14.1. The molecule has 5 heteroatoms. The molecule has 0 aliphatic heterocycles. The van der Waals surface area contributed by atoms with Gasteiger partial charge in [0.05, 0.1) is 6.42 Å². The summed E-state index contributed by atoms with van der Waals surface area (Å²) >= 11 is 7.61. The van der Waals surface area contributed by atoms with E-state index in [9.17, 15) is 4.79 Å². The molecule has 0 spiro atoms.